The van der Waals surface area contributed by atoms with Crippen molar-refractivity contribution in [3.63, 3.8) is 0 Å². The molecule has 2 aliphatic heterocycles. The van der Waals surface area contributed by atoms with Crippen LogP contribution in [0.25, 0.3) is 11.3 Å². The molecule has 230 valence electrons. The molecule has 2 N–H and O–H groups in total. The van der Waals surface area contributed by atoms with Gasteiger partial charge in [0, 0.05) is 51.5 Å². The molecule has 0 amide bonds. The van der Waals surface area contributed by atoms with E-state index in [-0.39, 0.29) is 5.54 Å². The van der Waals surface area contributed by atoms with Crippen LogP contribution in [0.1, 0.15) is 24.2 Å². The van der Waals surface area contributed by atoms with Gasteiger partial charge in [0.1, 0.15) is 5.82 Å². The van der Waals surface area contributed by atoms with Gasteiger partial charge >= 0.3 is 24.3 Å². The Hall–Kier alpha value is -3.92. The molecule has 0 bridgehead atoms. The van der Waals surface area contributed by atoms with E-state index in [1.807, 2.05) is 17.9 Å². The summed E-state index contributed by atoms with van der Waals surface area (Å²) in [6.07, 6.45) is -1.75. The molecule has 1 aromatic carbocycles. The number of carboxylic acid groups (broad SMARTS) is 2. The Morgan fingerprint density at radius 3 is 1.90 bits per heavy atom. The normalized spacial score (nSPS) is 17.0. The molecule has 2 aliphatic rings. The molecule has 1 fully saturated rings. The zero-order valence-corrected chi connectivity index (χ0v) is 22.7. The first-order valence-electron chi connectivity index (χ1n) is 12.7. The Labute approximate surface area is 236 Å². The maximum Gasteiger partial charge on any atom is 0.490 e. The van der Waals surface area contributed by atoms with Gasteiger partial charge in [-0.3, -0.25) is 14.5 Å². The largest absolute Gasteiger partial charge is 0.490 e. The highest BCUT2D eigenvalue weighted by atomic mass is 19.4. The average molecular weight is 605 g/mol. The zero-order chi connectivity index (χ0) is 31.3. The lowest BCUT2D eigenvalue weighted by Crippen LogP contribution is -2.56. The fourth-order valence-corrected chi connectivity index (χ4v) is 4.95. The predicted molar refractivity (Wildman–Crippen MR) is 137 cm³/mol. The Morgan fingerprint density at radius 1 is 0.881 bits per heavy atom. The van der Waals surface area contributed by atoms with Crippen LogP contribution < -0.4 is 0 Å². The van der Waals surface area contributed by atoms with Gasteiger partial charge in [0.2, 0.25) is 0 Å². The summed E-state index contributed by atoms with van der Waals surface area (Å²) in [5, 5.41) is 18.6. The third-order valence-electron chi connectivity index (χ3n) is 7.06. The second-order valence-corrected chi connectivity index (χ2v) is 9.84. The van der Waals surface area contributed by atoms with E-state index in [2.05, 4.69) is 69.2 Å². The van der Waals surface area contributed by atoms with E-state index < -0.39 is 24.3 Å². The molecule has 0 unspecified atom stereocenters. The van der Waals surface area contributed by atoms with E-state index in [1.54, 1.807) is 0 Å². The van der Waals surface area contributed by atoms with Crippen LogP contribution in [0, 0.1) is 0 Å². The van der Waals surface area contributed by atoms with E-state index in [0.717, 1.165) is 45.6 Å². The van der Waals surface area contributed by atoms with Crippen molar-refractivity contribution in [3.05, 3.63) is 60.3 Å². The number of hydrogen-bond acceptors (Lipinski definition) is 6. The molecule has 10 nitrogen and oxygen atoms in total. The van der Waals surface area contributed by atoms with Gasteiger partial charge in [-0.15, -0.1) is 0 Å². The van der Waals surface area contributed by atoms with Crippen molar-refractivity contribution >= 4 is 11.9 Å². The van der Waals surface area contributed by atoms with Crippen LogP contribution in [0.4, 0.5) is 26.3 Å². The highest BCUT2D eigenvalue weighted by Crippen LogP contribution is 2.41. The van der Waals surface area contributed by atoms with Crippen molar-refractivity contribution in [3.8, 4) is 11.3 Å². The molecule has 2 aromatic heterocycles. The molecule has 1 spiro atoms. The Kier molecular flexibility index (Phi) is 10.0. The van der Waals surface area contributed by atoms with Crippen molar-refractivity contribution in [2.75, 3.05) is 26.7 Å². The highest BCUT2D eigenvalue weighted by Gasteiger charge is 2.45. The predicted octanol–water partition coefficient (Wildman–Crippen LogP) is 3.99. The van der Waals surface area contributed by atoms with Gasteiger partial charge in [-0.1, -0.05) is 30.3 Å². The molecule has 3 aromatic rings. The van der Waals surface area contributed by atoms with E-state index in [9.17, 15) is 26.3 Å². The maximum absolute atomic E-state index is 10.6. The molecule has 0 atom stereocenters. The topological polar surface area (TPSA) is 117 Å². The Balaban J connectivity index is 0.000000289. The summed E-state index contributed by atoms with van der Waals surface area (Å²) in [4.78, 5) is 27.9. The number of carbonyl (C=O) groups is 2. The van der Waals surface area contributed by atoms with Gasteiger partial charge in [-0.05, 0) is 25.5 Å². The van der Waals surface area contributed by atoms with Crippen molar-refractivity contribution < 1.29 is 46.1 Å². The van der Waals surface area contributed by atoms with Crippen molar-refractivity contribution in [1.82, 2.24) is 29.1 Å². The lowest BCUT2D eigenvalue weighted by molar-refractivity contribution is -0.193. The number of imidazole rings is 1. The van der Waals surface area contributed by atoms with E-state index >= 15 is 0 Å². The van der Waals surface area contributed by atoms with E-state index in [4.69, 9.17) is 24.8 Å². The molecular formula is C26H30F6N6O4. The van der Waals surface area contributed by atoms with E-state index in [1.165, 1.54) is 22.6 Å². The molecule has 42 heavy (non-hydrogen) atoms. The quantitative estimate of drug-likeness (QED) is 0.432. The van der Waals surface area contributed by atoms with E-state index in [0.29, 0.717) is 0 Å². The number of halogens is 6. The lowest BCUT2D eigenvalue weighted by Gasteiger charge is -2.49. The van der Waals surface area contributed by atoms with Crippen LogP contribution in [0.3, 0.4) is 0 Å². The van der Waals surface area contributed by atoms with Gasteiger partial charge in [-0.2, -0.15) is 31.4 Å². The van der Waals surface area contributed by atoms with Gasteiger partial charge in [0.05, 0.1) is 23.6 Å². The Bertz CT molecular complexity index is 1320. The number of carboxylic acids is 2. The summed E-state index contributed by atoms with van der Waals surface area (Å²) in [7, 11) is 4.26. The summed E-state index contributed by atoms with van der Waals surface area (Å²) in [6, 6.07) is 10.7. The summed E-state index contributed by atoms with van der Waals surface area (Å²) < 4.78 is 67.8. The number of rotatable bonds is 3. The number of aromatic nitrogens is 4. The fourth-order valence-electron chi connectivity index (χ4n) is 4.95. The SMILES string of the molecule is CN1CCn2c(-c3ccccc3)cnc2C12CCN(Cc1cnn(C)c1)CC2.O=C(O)C(F)(F)F.O=C(O)C(F)(F)F. The standard InChI is InChI=1S/C22H28N6.2C2HF3O2/c1-25-12-13-28-20(19-6-4-3-5-7-19)15-23-21(28)22(25)8-10-27(11-9-22)17-18-14-24-26(2)16-18;2*3-2(4,5)1(6)7/h3-7,14-16H,8-13,17H2,1-2H3;2*(H,6,7). The second kappa shape index (κ2) is 12.9. The molecule has 0 saturated carbocycles. The number of fused-ring (bicyclic) bond motifs is 2. The minimum Gasteiger partial charge on any atom is -0.475 e. The number of aliphatic carboxylic acids is 2. The zero-order valence-electron chi connectivity index (χ0n) is 22.7. The number of alkyl halides is 6. The number of hydrogen-bond donors (Lipinski definition) is 2. The molecule has 5 rings (SSSR count). The monoisotopic (exact) mass is 604 g/mol. The van der Waals surface area contributed by atoms with Crippen LogP contribution in [0.15, 0.2) is 48.9 Å². The summed E-state index contributed by atoms with van der Waals surface area (Å²) in [5.41, 5.74) is 3.86. The first-order valence-corrected chi connectivity index (χ1v) is 12.7. The maximum atomic E-state index is 10.6. The number of likely N-dealkylation sites (N-methyl/N-ethyl adjacent to an activating group) is 1. The third-order valence-corrected chi connectivity index (χ3v) is 7.06. The first kappa shape index (κ1) is 32.6. The van der Waals surface area contributed by atoms with Gasteiger partial charge in [-0.25, -0.2) is 14.6 Å². The summed E-state index contributed by atoms with van der Waals surface area (Å²) in [6.45, 7) is 5.25. The smallest absolute Gasteiger partial charge is 0.475 e. The third kappa shape index (κ3) is 7.88. The first-order chi connectivity index (χ1) is 19.5. The van der Waals surface area contributed by atoms with Crippen LogP contribution in [0.2, 0.25) is 0 Å². The average Bonchev–Trinajstić information content (AvgIpc) is 3.54. The number of piperidine rings is 1. The van der Waals surface area contributed by atoms with Crippen molar-refractivity contribution in [1.29, 1.82) is 0 Å². The fraction of sp³-hybridized carbons (Fsp3) is 0.462. The van der Waals surface area contributed by atoms with Gasteiger partial charge in [0.25, 0.3) is 0 Å². The number of nitrogens with zero attached hydrogens (tertiary/aromatic N) is 6. The second-order valence-electron chi connectivity index (χ2n) is 9.84. The molecule has 1 saturated heterocycles. The van der Waals surface area contributed by atoms with Crippen LogP contribution in [0.5, 0.6) is 0 Å². The number of likely N-dealkylation sites (tertiary alicyclic amines) is 1. The molecular weight excluding hydrogens is 574 g/mol. The minimum absolute atomic E-state index is 0.0523. The minimum atomic E-state index is -5.08. The molecule has 0 aliphatic carbocycles. The van der Waals surface area contributed by atoms with Crippen LogP contribution in [-0.2, 0) is 35.3 Å². The van der Waals surface area contributed by atoms with Crippen LogP contribution >= 0.6 is 0 Å². The lowest BCUT2D eigenvalue weighted by atomic mass is 9.83. The molecule has 4 heterocycles. The highest BCUT2D eigenvalue weighted by molar-refractivity contribution is 5.73. The molecule has 0 radical (unpaired) electrons. The number of benzene rings is 1. The van der Waals surface area contributed by atoms with Crippen molar-refractivity contribution in [2.24, 2.45) is 7.05 Å². The summed E-state index contributed by atoms with van der Waals surface area (Å²) >= 11 is 0. The summed E-state index contributed by atoms with van der Waals surface area (Å²) in [5.74, 6) is -4.26. The molecule has 16 heteroatoms. The van der Waals surface area contributed by atoms with Crippen LogP contribution in [-0.4, -0.2) is 90.3 Å². The van der Waals surface area contributed by atoms with Gasteiger partial charge < -0.3 is 14.8 Å². The van der Waals surface area contributed by atoms with Crippen molar-refractivity contribution in [2.45, 2.75) is 43.8 Å². The Morgan fingerprint density at radius 2 is 1.43 bits per heavy atom. The van der Waals surface area contributed by atoms with Gasteiger partial charge in [0.15, 0.2) is 0 Å². The number of aryl methyl sites for hydroxylation is 1.